The number of fused-ring (bicyclic) bond motifs is 3. The third-order valence-corrected chi connectivity index (χ3v) is 10.9. The van der Waals surface area contributed by atoms with Crippen LogP contribution < -0.4 is 20.9 Å². The monoisotopic (exact) mass is 651 g/mol. The first-order valence-electron chi connectivity index (χ1n) is 16.8. The first-order valence-corrected chi connectivity index (χ1v) is 16.8. The maximum atomic E-state index is 14.8. The quantitative estimate of drug-likeness (QED) is 0.211. The van der Waals surface area contributed by atoms with E-state index >= 15 is 0 Å². The number of piperazine rings is 1. The molecule has 4 aromatic rings. The van der Waals surface area contributed by atoms with E-state index in [9.17, 15) is 14.0 Å². The minimum absolute atomic E-state index is 0.0345. The number of benzene rings is 2. The van der Waals surface area contributed by atoms with Gasteiger partial charge in [-0.25, -0.2) is 14.4 Å². The van der Waals surface area contributed by atoms with E-state index < -0.39 is 0 Å². The molecule has 48 heavy (non-hydrogen) atoms. The third-order valence-electron chi connectivity index (χ3n) is 10.9. The number of carbonyl (C=O) groups is 1. The smallest absolute Gasteiger partial charge is 0.261 e. The maximum Gasteiger partial charge on any atom is 0.261 e. The first-order chi connectivity index (χ1) is 23.1. The lowest BCUT2D eigenvalue weighted by atomic mass is 9.45. The molecule has 0 spiro atoms. The Labute approximate surface area is 279 Å². The van der Waals surface area contributed by atoms with Crippen molar-refractivity contribution in [3.63, 3.8) is 0 Å². The molecule has 4 fully saturated rings. The number of rotatable bonds is 7. The summed E-state index contributed by atoms with van der Waals surface area (Å²) in [6, 6.07) is 14.0. The molecule has 2 aromatic heterocycles. The van der Waals surface area contributed by atoms with Crippen molar-refractivity contribution in [2.24, 2.45) is 28.2 Å². The van der Waals surface area contributed by atoms with Crippen LogP contribution in [0.1, 0.15) is 39.2 Å². The number of hydrogen-bond acceptors (Lipinski definition) is 6. The maximum absolute atomic E-state index is 14.8. The summed E-state index contributed by atoms with van der Waals surface area (Å²) < 4.78 is 21.5. The SMILES string of the molecule is COc1ccc(CCn2c(-c3cccnc3)nc3cc(NC(=N[C@H]4C[C@H]5C[C@@H]([C@@H]4C)C5(C)C)N4CCNC(=O)C4)ccc3c2=O)c(F)c1. The number of anilines is 1. The summed E-state index contributed by atoms with van der Waals surface area (Å²) in [6.45, 7) is 8.71. The number of methoxy groups -OCH3 is 1. The van der Waals surface area contributed by atoms with Crippen molar-refractivity contribution in [1.82, 2.24) is 24.8 Å². The molecule has 10 nitrogen and oxygen atoms in total. The molecular weight excluding hydrogens is 609 g/mol. The van der Waals surface area contributed by atoms with Gasteiger partial charge >= 0.3 is 0 Å². The number of guanidine groups is 1. The lowest BCUT2D eigenvalue weighted by molar-refractivity contribution is -0.122. The molecule has 1 aliphatic heterocycles. The topological polar surface area (TPSA) is 114 Å². The van der Waals surface area contributed by atoms with Crippen LogP contribution >= 0.6 is 0 Å². The molecule has 8 rings (SSSR count). The van der Waals surface area contributed by atoms with E-state index in [1.807, 2.05) is 23.1 Å². The number of hydrogen-bond donors (Lipinski definition) is 2. The van der Waals surface area contributed by atoms with Crippen molar-refractivity contribution in [2.45, 2.75) is 52.6 Å². The molecule has 1 saturated heterocycles. The van der Waals surface area contributed by atoms with Crippen molar-refractivity contribution in [3.8, 4) is 17.1 Å². The zero-order chi connectivity index (χ0) is 33.6. The largest absolute Gasteiger partial charge is 0.497 e. The van der Waals surface area contributed by atoms with Crippen molar-refractivity contribution in [3.05, 3.63) is 82.7 Å². The molecule has 250 valence electrons. The van der Waals surface area contributed by atoms with Gasteiger partial charge in [0.15, 0.2) is 5.96 Å². The van der Waals surface area contributed by atoms with Crippen molar-refractivity contribution < 1.29 is 13.9 Å². The number of nitrogens with one attached hydrogen (secondary N) is 2. The standard InChI is InChI=1S/C37H42FN7O3/c1-22-29-16-25(37(29,2)3)17-31(22)43-36(44-15-13-40-33(46)21-44)41-26-8-10-28-32(18-26)42-34(24-6-5-12-39-20-24)45(35(28)47)14-11-23-7-9-27(48-4)19-30(23)38/h5-10,12,18-20,22,25,29,31H,11,13-17,21H2,1-4H3,(H,40,46)(H,41,43)/t22-,25+,29-,31-/m0/s1. The summed E-state index contributed by atoms with van der Waals surface area (Å²) in [5.74, 6) is 2.85. The Morgan fingerprint density at radius 1 is 1.17 bits per heavy atom. The van der Waals surface area contributed by atoms with Gasteiger partial charge in [0.05, 0.1) is 30.6 Å². The van der Waals surface area contributed by atoms with Crippen LogP contribution in [0.3, 0.4) is 0 Å². The molecule has 11 heteroatoms. The molecule has 3 aliphatic carbocycles. The van der Waals surface area contributed by atoms with Crippen LogP contribution in [-0.2, 0) is 17.8 Å². The fraction of sp³-hybridized carbons (Fsp3) is 0.432. The van der Waals surface area contributed by atoms with Crippen LogP contribution in [0.15, 0.2) is 70.7 Å². The van der Waals surface area contributed by atoms with Gasteiger partial charge in [0, 0.05) is 49.3 Å². The van der Waals surface area contributed by atoms with Gasteiger partial charge in [-0.1, -0.05) is 26.8 Å². The summed E-state index contributed by atoms with van der Waals surface area (Å²) >= 11 is 0. The fourth-order valence-electron chi connectivity index (χ4n) is 7.90. The Hall–Kier alpha value is -4.80. The zero-order valence-electron chi connectivity index (χ0n) is 27.9. The summed E-state index contributed by atoms with van der Waals surface area (Å²) in [5.41, 5.74) is 2.52. The number of aliphatic imine (C=N–C) groups is 1. The second kappa shape index (κ2) is 12.7. The summed E-state index contributed by atoms with van der Waals surface area (Å²) in [6.07, 6.45) is 5.92. The van der Waals surface area contributed by atoms with Gasteiger partial charge in [-0.2, -0.15) is 0 Å². The number of aryl methyl sites for hydroxylation is 1. The van der Waals surface area contributed by atoms with Crippen LogP contribution in [0, 0.1) is 29.0 Å². The molecule has 2 aromatic carbocycles. The molecule has 0 radical (unpaired) electrons. The lowest BCUT2D eigenvalue weighted by Gasteiger charge is -2.61. The molecular formula is C37H42FN7O3. The minimum Gasteiger partial charge on any atom is -0.497 e. The highest BCUT2D eigenvalue weighted by atomic mass is 19.1. The summed E-state index contributed by atoms with van der Waals surface area (Å²) in [7, 11) is 1.50. The molecule has 2 N–H and O–H groups in total. The van der Waals surface area contributed by atoms with Gasteiger partial charge < -0.3 is 20.3 Å². The number of pyridine rings is 1. The number of nitrogens with zero attached hydrogens (tertiary/aromatic N) is 5. The van der Waals surface area contributed by atoms with E-state index in [2.05, 4.69) is 36.4 Å². The average molecular weight is 652 g/mol. The Morgan fingerprint density at radius 2 is 2.02 bits per heavy atom. The van der Waals surface area contributed by atoms with Crippen LogP contribution in [-0.4, -0.2) is 64.1 Å². The number of aromatic nitrogens is 3. The molecule has 3 heterocycles. The van der Waals surface area contributed by atoms with Crippen molar-refractivity contribution in [1.29, 1.82) is 0 Å². The van der Waals surface area contributed by atoms with E-state index in [1.54, 1.807) is 41.2 Å². The Morgan fingerprint density at radius 3 is 2.73 bits per heavy atom. The van der Waals surface area contributed by atoms with Gasteiger partial charge in [0.1, 0.15) is 17.4 Å². The fourth-order valence-corrected chi connectivity index (χ4v) is 7.90. The van der Waals surface area contributed by atoms with E-state index in [-0.39, 0.29) is 42.8 Å². The summed E-state index contributed by atoms with van der Waals surface area (Å²) in [4.78, 5) is 43.0. The molecule has 0 unspecified atom stereocenters. The normalized spacial score (nSPS) is 23.4. The molecule has 2 bridgehead atoms. The highest BCUT2D eigenvalue weighted by molar-refractivity contribution is 5.98. The summed E-state index contributed by atoms with van der Waals surface area (Å²) in [5, 5.41) is 6.88. The van der Waals surface area contributed by atoms with Gasteiger partial charge in [-0.15, -0.1) is 0 Å². The number of halogens is 1. The van der Waals surface area contributed by atoms with E-state index in [0.29, 0.717) is 75.8 Å². The molecule has 4 atom stereocenters. The number of carbonyl (C=O) groups excluding carboxylic acids is 1. The van der Waals surface area contributed by atoms with E-state index in [1.165, 1.54) is 19.6 Å². The zero-order valence-corrected chi connectivity index (χ0v) is 27.9. The van der Waals surface area contributed by atoms with Crippen LogP contribution in [0.5, 0.6) is 5.75 Å². The van der Waals surface area contributed by atoms with Gasteiger partial charge in [-0.3, -0.25) is 19.1 Å². The van der Waals surface area contributed by atoms with Gasteiger partial charge in [0.2, 0.25) is 5.91 Å². The Balaban J connectivity index is 1.23. The molecule has 4 aliphatic rings. The van der Waals surface area contributed by atoms with Gasteiger partial charge in [0.25, 0.3) is 5.56 Å². The molecule has 3 saturated carbocycles. The minimum atomic E-state index is -0.387. The van der Waals surface area contributed by atoms with Crippen molar-refractivity contribution in [2.75, 3.05) is 32.1 Å². The molecule has 1 amide bonds. The lowest BCUT2D eigenvalue weighted by Crippen LogP contribution is -2.57. The van der Waals surface area contributed by atoms with Crippen LogP contribution in [0.4, 0.5) is 10.1 Å². The third kappa shape index (κ3) is 5.90. The van der Waals surface area contributed by atoms with Crippen molar-refractivity contribution >= 4 is 28.5 Å². The Kier molecular flexibility index (Phi) is 8.39. The highest BCUT2D eigenvalue weighted by Gasteiger charge is 2.56. The number of ether oxygens (including phenoxy) is 1. The van der Waals surface area contributed by atoms with Gasteiger partial charge in [-0.05, 0) is 84.4 Å². The van der Waals surface area contributed by atoms with Crippen LogP contribution in [0.2, 0.25) is 0 Å². The first kappa shape index (κ1) is 31.8. The second-order valence-electron chi connectivity index (χ2n) is 13.9. The predicted molar refractivity (Wildman–Crippen MR) is 184 cm³/mol. The predicted octanol–water partition coefficient (Wildman–Crippen LogP) is 5.12. The second-order valence-corrected chi connectivity index (χ2v) is 13.9. The van der Waals surface area contributed by atoms with Crippen LogP contribution in [0.25, 0.3) is 22.3 Å². The van der Waals surface area contributed by atoms with E-state index in [4.69, 9.17) is 14.7 Å². The average Bonchev–Trinajstić information content (AvgIpc) is 3.08. The van der Waals surface area contributed by atoms with E-state index in [0.717, 1.165) is 12.1 Å². The Bertz CT molecular complexity index is 1940. The number of amides is 1. The highest BCUT2D eigenvalue weighted by Crippen LogP contribution is 2.61.